The average Bonchev–Trinajstić information content (AvgIpc) is 2.55. The fourth-order valence-electron chi connectivity index (χ4n) is 3.15. The number of piperidine rings is 1. The van der Waals surface area contributed by atoms with Crippen LogP contribution in [0.2, 0.25) is 5.02 Å². The molecule has 2 nitrogen and oxygen atoms in total. The Hall–Kier alpha value is -1.51. The number of rotatable bonds is 4. The van der Waals surface area contributed by atoms with Gasteiger partial charge in [-0.05, 0) is 73.7 Å². The van der Waals surface area contributed by atoms with Crippen LogP contribution in [0.15, 0.2) is 42.5 Å². The van der Waals surface area contributed by atoms with Gasteiger partial charge in [0.1, 0.15) is 12.4 Å². The van der Waals surface area contributed by atoms with Crippen LogP contribution in [0.1, 0.15) is 35.4 Å². The number of halogens is 1. The first-order valence-electron chi connectivity index (χ1n) is 7.91. The van der Waals surface area contributed by atoms with Crippen LogP contribution in [-0.2, 0) is 6.61 Å². The highest BCUT2D eigenvalue weighted by molar-refractivity contribution is 6.30. The molecule has 3 rings (SSSR count). The summed E-state index contributed by atoms with van der Waals surface area (Å²) in [4.78, 5) is 0. The standard InChI is InChI=1S/C19H22ClNO/c1-14-18(16-8-10-21-11-9-16)6-3-7-19(14)22-13-15-4-2-5-17(20)12-15/h2-7,12,16,21H,8-11,13H2,1H3. The summed E-state index contributed by atoms with van der Waals surface area (Å²) in [6, 6.07) is 14.2. The molecule has 22 heavy (non-hydrogen) atoms. The monoisotopic (exact) mass is 315 g/mol. The molecule has 0 bridgehead atoms. The zero-order chi connectivity index (χ0) is 15.4. The SMILES string of the molecule is Cc1c(OCc2cccc(Cl)c2)cccc1C1CCNCC1. The van der Waals surface area contributed by atoms with Crippen LogP contribution < -0.4 is 10.1 Å². The first-order valence-corrected chi connectivity index (χ1v) is 8.29. The second kappa shape index (κ2) is 7.17. The summed E-state index contributed by atoms with van der Waals surface area (Å²) in [5.41, 5.74) is 3.81. The van der Waals surface area contributed by atoms with Crippen molar-refractivity contribution in [2.45, 2.75) is 32.3 Å². The number of nitrogens with one attached hydrogen (secondary N) is 1. The predicted octanol–water partition coefficient (Wildman–Crippen LogP) is 4.69. The normalized spacial score (nSPS) is 15.7. The van der Waals surface area contributed by atoms with E-state index in [2.05, 4.69) is 30.4 Å². The summed E-state index contributed by atoms with van der Waals surface area (Å²) in [5, 5.41) is 4.18. The summed E-state index contributed by atoms with van der Waals surface area (Å²) in [6.07, 6.45) is 2.41. The number of ether oxygens (including phenoxy) is 1. The van der Waals surface area contributed by atoms with Crippen molar-refractivity contribution in [3.05, 3.63) is 64.2 Å². The molecule has 0 atom stereocenters. The largest absolute Gasteiger partial charge is 0.489 e. The van der Waals surface area contributed by atoms with Gasteiger partial charge in [0.2, 0.25) is 0 Å². The number of hydrogen-bond acceptors (Lipinski definition) is 2. The van der Waals surface area contributed by atoms with E-state index < -0.39 is 0 Å². The van der Waals surface area contributed by atoms with Crippen LogP contribution >= 0.6 is 11.6 Å². The molecule has 1 aliphatic rings. The first kappa shape index (κ1) is 15.4. The molecule has 0 saturated carbocycles. The van der Waals surface area contributed by atoms with Crippen LogP contribution in [0.4, 0.5) is 0 Å². The van der Waals surface area contributed by atoms with E-state index >= 15 is 0 Å². The Labute approximate surface area is 137 Å². The van der Waals surface area contributed by atoms with Crippen molar-refractivity contribution >= 4 is 11.6 Å². The van der Waals surface area contributed by atoms with Gasteiger partial charge in [-0.15, -0.1) is 0 Å². The van der Waals surface area contributed by atoms with E-state index in [1.807, 2.05) is 24.3 Å². The Balaban J connectivity index is 1.73. The van der Waals surface area contributed by atoms with Gasteiger partial charge in [0.15, 0.2) is 0 Å². The summed E-state index contributed by atoms with van der Waals surface area (Å²) in [7, 11) is 0. The van der Waals surface area contributed by atoms with E-state index in [1.54, 1.807) is 0 Å². The molecular weight excluding hydrogens is 294 g/mol. The second-order valence-electron chi connectivity index (χ2n) is 5.91. The molecule has 0 aromatic heterocycles. The van der Waals surface area contributed by atoms with Gasteiger partial charge in [-0.3, -0.25) is 0 Å². The van der Waals surface area contributed by atoms with Crippen molar-refractivity contribution in [2.75, 3.05) is 13.1 Å². The number of hydrogen-bond donors (Lipinski definition) is 1. The van der Waals surface area contributed by atoms with Crippen molar-refractivity contribution in [1.29, 1.82) is 0 Å². The molecule has 2 aromatic rings. The molecule has 0 amide bonds. The summed E-state index contributed by atoms with van der Waals surface area (Å²) < 4.78 is 6.04. The molecular formula is C19H22ClNO. The van der Waals surface area contributed by atoms with Gasteiger partial charge in [0.25, 0.3) is 0 Å². The highest BCUT2D eigenvalue weighted by Crippen LogP contribution is 2.32. The van der Waals surface area contributed by atoms with E-state index in [4.69, 9.17) is 16.3 Å². The van der Waals surface area contributed by atoms with Gasteiger partial charge in [-0.1, -0.05) is 35.9 Å². The maximum absolute atomic E-state index is 6.04. The molecule has 0 radical (unpaired) electrons. The molecule has 1 saturated heterocycles. The summed E-state index contributed by atoms with van der Waals surface area (Å²) in [5.74, 6) is 1.63. The highest BCUT2D eigenvalue weighted by atomic mass is 35.5. The Kier molecular flexibility index (Phi) is 5.01. The zero-order valence-corrected chi connectivity index (χ0v) is 13.7. The van der Waals surface area contributed by atoms with Gasteiger partial charge in [-0.2, -0.15) is 0 Å². The summed E-state index contributed by atoms with van der Waals surface area (Å²) >= 11 is 6.02. The van der Waals surface area contributed by atoms with Crippen LogP contribution in [-0.4, -0.2) is 13.1 Å². The molecule has 0 unspecified atom stereocenters. The fourth-order valence-corrected chi connectivity index (χ4v) is 3.36. The lowest BCUT2D eigenvalue weighted by Crippen LogP contribution is -2.27. The van der Waals surface area contributed by atoms with Gasteiger partial charge in [0, 0.05) is 5.02 Å². The molecule has 0 spiro atoms. The third kappa shape index (κ3) is 3.63. The quantitative estimate of drug-likeness (QED) is 0.883. The molecule has 1 heterocycles. The highest BCUT2D eigenvalue weighted by Gasteiger charge is 2.18. The van der Waals surface area contributed by atoms with Crippen molar-refractivity contribution in [1.82, 2.24) is 5.32 Å². The van der Waals surface area contributed by atoms with E-state index in [0.717, 1.165) is 29.4 Å². The second-order valence-corrected chi connectivity index (χ2v) is 6.35. The topological polar surface area (TPSA) is 21.3 Å². The molecule has 3 heteroatoms. The van der Waals surface area contributed by atoms with Crippen LogP contribution in [0.3, 0.4) is 0 Å². The van der Waals surface area contributed by atoms with Gasteiger partial charge in [-0.25, -0.2) is 0 Å². The van der Waals surface area contributed by atoms with Crippen molar-refractivity contribution < 1.29 is 4.74 Å². The zero-order valence-electron chi connectivity index (χ0n) is 12.9. The van der Waals surface area contributed by atoms with Crippen LogP contribution in [0.25, 0.3) is 0 Å². The maximum Gasteiger partial charge on any atom is 0.123 e. The molecule has 1 fully saturated rings. The minimum atomic E-state index is 0.553. The van der Waals surface area contributed by atoms with E-state index in [-0.39, 0.29) is 0 Å². The minimum absolute atomic E-state index is 0.553. The number of benzene rings is 2. The average molecular weight is 316 g/mol. The van der Waals surface area contributed by atoms with Gasteiger partial charge < -0.3 is 10.1 Å². The van der Waals surface area contributed by atoms with Crippen LogP contribution in [0, 0.1) is 6.92 Å². The van der Waals surface area contributed by atoms with Crippen molar-refractivity contribution in [3.8, 4) is 5.75 Å². The van der Waals surface area contributed by atoms with E-state index in [9.17, 15) is 0 Å². The molecule has 1 N–H and O–H groups in total. The first-order chi connectivity index (χ1) is 10.7. The van der Waals surface area contributed by atoms with E-state index in [1.165, 1.54) is 24.0 Å². The fraction of sp³-hybridized carbons (Fsp3) is 0.368. The molecule has 0 aliphatic carbocycles. The van der Waals surface area contributed by atoms with Gasteiger partial charge >= 0.3 is 0 Å². The van der Waals surface area contributed by atoms with Crippen molar-refractivity contribution in [2.24, 2.45) is 0 Å². The Morgan fingerprint density at radius 1 is 1.14 bits per heavy atom. The van der Waals surface area contributed by atoms with E-state index in [0.29, 0.717) is 12.5 Å². The molecule has 116 valence electrons. The van der Waals surface area contributed by atoms with Gasteiger partial charge in [0.05, 0.1) is 0 Å². The minimum Gasteiger partial charge on any atom is -0.489 e. The summed E-state index contributed by atoms with van der Waals surface area (Å²) in [6.45, 7) is 4.94. The molecule has 1 aliphatic heterocycles. The lowest BCUT2D eigenvalue weighted by molar-refractivity contribution is 0.303. The lowest BCUT2D eigenvalue weighted by atomic mass is 9.87. The van der Waals surface area contributed by atoms with Crippen molar-refractivity contribution in [3.63, 3.8) is 0 Å². The molecule has 2 aromatic carbocycles. The Morgan fingerprint density at radius 2 is 1.91 bits per heavy atom. The van der Waals surface area contributed by atoms with Crippen LogP contribution in [0.5, 0.6) is 5.75 Å². The maximum atomic E-state index is 6.04. The Morgan fingerprint density at radius 3 is 2.68 bits per heavy atom. The lowest BCUT2D eigenvalue weighted by Gasteiger charge is -2.25. The third-order valence-corrected chi connectivity index (χ3v) is 4.62. The Bertz CT molecular complexity index is 635. The predicted molar refractivity (Wildman–Crippen MR) is 91.8 cm³/mol. The smallest absolute Gasteiger partial charge is 0.123 e. The third-order valence-electron chi connectivity index (χ3n) is 4.39.